The van der Waals surface area contributed by atoms with Crippen LogP contribution >= 0.6 is 11.8 Å². The van der Waals surface area contributed by atoms with E-state index in [2.05, 4.69) is 21.6 Å². The van der Waals surface area contributed by atoms with Crippen molar-refractivity contribution in [2.45, 2.75) is 39.2 Å². The predicted octanol–water partition coefficient (Wildman–Crippen LogP) is 3.94. The van der Waals surface area contributed by atoms with Gasteiger partial charge in [0, 0.05) is 30.0 Å². The highest BCUT2D eigenvalue weighted by atomic mass is 32.2. The Hall–Kier alpha value is -3.00. The molecule has 2 N–H and O–H groups in total. The number of esters is 1. The molecule has 0 spiro atoms. The van der Waals surface area contributed by atoms with E-state index >= 15 is 0 Å². The Kier molecular flexibility index (Phi) is 9.39. The van der Waals surface area contributed by atoms with Crippen molar-refractivity contribution >= 4 is 40.9 Å². The van der Waals surface area contributed by atoms with Crippen LogP contribution in [-0.2, 0) is 14.3 Å². The molecule has 0 aromatic heterocycles. The maximum Gasteiger partial charge on any atom is 0.329 e. The van der Waals surface area contributed by atoms with Crippen LogP contribution in [-0.4, -0.2) is 55.5 Å². The summed E-state index contributed by atoms with van der Waals surface area (Å²) < 4.78 is 5.26. The zero-order valence-corrected chi connectivity index (χ0v) is 20.9. The normalized spacial score (nSPS) is 13.9. The summed E-state index contributed by atoms with van der Waals surface area (Å²) in [6.45, 7) is 5.54. The lowest BCUT2D eigenvalue weighted by atomic mass is 10.1. The Labute approximate surface area is 205 Å². The summed E-state index contributed by atoms with van der Waals surface area (Å²) in [4.78, 5) is 40.0. The minimum atomic E-state index is -0.824. The smallest absolute Gasteiger partial charge is 0.329 e. The molecule has 1 fully saturated rings. The van der Waals surface area contributed by atoms with Crippen molar-refractivity contribution in [2.75, 3.05) is 41.9 Å². The minimum Gasteiger partial charge on any atom is -0.454 e. The van der Waals surface area contributed by atoms with E-state index in [0.29, 0.717) is 23.4 Å². The Morgan fingerprint density at radius 1 is 1.09 bits per heavy atom. The first-order valence-corrected chi connectivity index (χ1v) is 13.0. The summed E-state index contributed by atoms with van der Waals surface area (Å²) in [5.41, 5.74) is 4.23. The highest BCUT2D eigenvalue weighted by Crippen LogP contribution is 2.25. The van der Waals surface area contributed by atoms with Crippen molar-refractivity contribution < 1.29 is 19.1 Å². The van der Waals surface area contributed by atoms with Gasteiger partial charge in [0.25, 0.3) is 11.8 Å². The van der Waals surface area contributed by atoms with Crippen LogP contribution in [0.3, 0.4) is 0 Å². The van der Waals surface area contributed by atoms with Gasteiger partial charge in [0.2, 0.25) is 0 Å². The summed E-state index contributed by atoms with van der Waals surface area (Å²) in [5, 5.41) is 5.56. The van der Waals surface area contributed by atoms with Crippen LogP contribution in [0.15, 0.2) is 42.5 Å². The molecule has 1 saturated heterocycles. The SMILES string of the molecule is CSCC[C@@H](NC(=O)c1cccc(C)c1)C(=O)OCC(=O)Nc1ccc(N2CCCC2)cc1C. The average molecular weight is 484 g/mol. The molecule has 1 aliphatic heterocycles. The summed E-state index contributed by atoms with van der Waals surface area (Å²) in [7, 11) is 0. The van der Waals surface area contributed by atoms with Gasteiger partial charge in [0.15, 0.2) is 6.61 Å². The van der Waals surface area contributed by atoms with Crippen molar-refractivity contribution in [2.24, 2.45) is 0 Å². The van der Waals surface area contributed by atoms with Gasteiger partial charge >= 0.3 is 5.97 Å². The zero-order chi connectivity index (χ0) is 24.5. The number of nitrogens with zero attached hydrogens (tertiary/aromatic N) is 1. The number of anilines is 2. The van der Waals surface area contributed by atoms with Crippen LogP contribution in [0.1, 0.15) is 40.7 Å². The van der Waals surface area contributed by atoms with E-state index in [0.717, 1.165) is 29.9 Å². The third-order valence-corrected chi connectivity index (χ3v) is 6.43. The lowest BCUT2D eigenvalue weighted by molar-refractivity contribution is -0.149. The van der Waals surface area contributed by atoms with Gasteiger partial charge < -0.3 is 20.3 Å². The number of hydrogen-bond acceptors (Lipinski definition) is 6. The van der Waals surface area contributed by atoms with E-state index < -0.39 is 24.5 Å². The Morgan fingerprint density at radius 2 is 1.85 bits per heavy atom. The Balaban J connectivity index is 1.54. The molecule has 1 atom stereocenters. The molecule has 0 saturated carbocycles. The highest BCUT2D eigenvalue weighted by molar-refractivity contribution is 7.98. The van der Waals surface area contributed by atoms with Gasteiger partial charge in [-0.05, 0) is 81.0 Å². The van der Waals surface area contributed by atoms with Crippen molar-refractivity contribution in [3.8, 4) is 0 Å². The molecule has 1 aliphatic rings. The number of carbonyl (C=O) groups is 3. The van der Waals surface area contributed by atoms with Crippen LogP contribution in [0.4, 0.5) is 11.4 Å². The second-order valence-corrected chi connectivity index (χ2v) is 9.51. The largest absolute Gasteiger partial charge is 0.454 e. The monoisotopic (exact) mass is 483 g/mol. The van der Waals surface area contributed by atoms with E-state index in [-0.39, 0.29) is 5.91 Å². The first-order valence-electron chi connectivity index (χ1n) is 11.6. The number of nitrogens with one attached hydrogen (secondary N) is 2. The lowest BCUT2D eigenvalue weighted by Gasteiger charge is -2.20. The molecule has 0 aliphatic carbocycles. The molecule has 2 amide bonds. The fourth-order valence-corrected chi connectivity index (χ4v) is 4.37. The summed E-state index contributed by atoms with van der Waals surface area (Å²) in [6.07, 6.45) is 4.74. The molecular formula is C26H33N3O4S. The van der Waals surface area contributed by atoms with E-state index in [1.54, 1.807) is 30.0 Å². The van der Waals surface area contributed by atoms with Gasteiger partial charge in [-0.1, -0.05) is 17.7 Å². The van der Waals surface area contributed by atoms with Crippen LogP contribution in [0.2, 0.25) is 0 Å². The second kappa shape index (κ2) is 12.5. The van der Waals surface area contributed by atoms with Crippen LogP contribution in [0.5, 0.6) is 0 Å². The standard InChI is InChI=1S/C26H33N3O4S/c1-18-7-6-8-20(15-18)25(31)28-23(11-14-34-3)26(32)33-17-24(30)27-22-10-9-21(16-19(22)2)29-12-4-5-13-29/h6-10,15-16,23H,4-5,11-14,17H2,1-3H3,(H,27,30)(H,28,31)/t23-/m1/s1. The number of amides is 2. The van der Waals surface area contributed by atoms with Gasteiger partial charge in [-0.25, -0.2) is 4.79 Å². The number of ether oxygens (including phenoxy) is 1. The van der Waals surface area contributed by atoms with Crippen molar-refractivity contribution in [3.63, 3.8) is 0 Å². The predicted molar refractivity (Wildman–Crippen MR) is 138 cm³/mol. The molecule has 2 aromatic rings. The fraction of sp³-hybridized carbons (Fsp3) is 0.423. The van der Waals surface area contributed by atoms with Gasteiger partial charge in [0.05, 0.1) is 0 Å². The molecular weight excluding hydrogens is 450 g/mol. The van der Waals surface area contributed by atoms with E-state index in [1.165, 1.54) is 12.8 Å². The van der Waals surface area contributed by atoms with Crippen LogP contribution in [0, 0.1) is 13.8 Å². The molecule has 0 unspecified atom stereocenters. The average Bonchev–Trinajstić information content (AvgIpc) is 3.36. The number of hydrogen-bond donors (Lipinski definition) is 2. The lowest BCUT2D eigenvalue weighted by Crippen LogP contribution is -2.43. The molecule has 0 radical (unpaired) electrons. The van der Waals surface area contributed by atoms with E-state index in [9.17, 15) is 14.4 Å². The Bertz CT molecular complexity index is 1020. The molecule has 8 heteroatoms. The third-order valence-electron chi connectivity index (χ3n) is 5.78. The topological polar surface area (TPSA) is 87.7 Å². The summed E-state index contributed by atoms with van der Waals surface area (Å²) in [6, 6.07) is 12.3. The van der Waals surface area contributed by atoms with E-state index in [4.69, 9.17) is 4.74 Å². The number of carbonyl (C=O) groups excluding carboxylic acids is 3. The second-order valence-electron chi connectivity index (χ2n) is 8.53. The highest BCUT2D eigenvalue weighted by Gasteiger charge is 2.23. The first-order chi connectivity index (χ1) is 16.4. The van der Waals surface area contributed by atoms with Crippen LogP contribution < -0.4 is 15.5 Å². The van der Waals surface area contributed by atoms with Gasteiger partial charge in [-0.2, -0.15) is 11.8 Å². The van der Waals surface area contributed by atoms with Crippen molar-refractivity contribution in [3.05, 3.63) is 59.2 Å². The number of benzene rings is 2. The Morgan fingerprint density at radius 3 is 2.53 bits per heavy atom. The fourth-order valence-electron chi connectivity index (χ4n) is 3.90. The van der Waals surface area contributed by atoms with Gasteiger partial charge in [-0.3, -0.25) is 9.59 Å². The number of thioether (sulfide) groups is 1. The molecule has 2 aromatic carbocycles. The quantitative estimate of drug-likeness (QED) is 0.498. The number of rotatable bonds is 10. The summed E-state index contributed by atoms with van der Waals surface area (Å²) in [5.74, 6) is -0.710. The molecule has 7 nitrogen and oxygen atoms in total. The minimum absolute atomic E-state index is 0.343. The molecule has 182 valence electrons. The first kappa shape index (κ1) is 25.6. The van der Waals surface area contributed by atoms with Gasteiger partial charge in [0.1, 0.15) is 6.04 Å². The molecule has 3 rings (SSSR count). The molecule has 1 heterocycles. The van der Waals surface area contributed by atoms with Crippen molar-refractivity contribution in [1.82, 2.24) is 5.32 Å². The van der Waals surface area contributed by atoms with Gasteiger partial charge in [-0.15, -0.1) is 0 Å². The van der Waals surface area contributed by atoms with Crippen molar-refractivity contribution in [1.29, 1.82) is 0 Å². The van der Waals surface area contributed by atoms with E-state index in [1.807, 2.05) is 38.3 Å². The molecule has 0 bridgehead atoms. The summed E-state index contributed by atoms with van der Waals surface area (Å²) >= 11 is 1.57. The third kappa shape index (κ3) is 7.25. The van der Waals surface area contributed by atoms with Crippen LogP contribution in [0.25, 0.3) is 0 Å². The molecule has 34 heavy (non-hydrogen) atoms. The maximum atomic E-state index is 12.7. The maximum absolute atomic E-state index is 12.7. The number of aryl methyl sites for hydroxylation is 2. The zero-order valence-electron chi connectivity index (χ0n) is 20.1.